The SMILES string of the molecule is CCNCC1(Cc2ccc(Cl)s2)CCC1. The number of hydrogen-bond donors (Lipinski definition) is 1. The largest absolute Gasteiger partial charge is 0.316 e. The Labute approximate surface area is 101 Å². The van der Waals surface area contributed by atoms with Gasteiger partial charge in [0.15, 0.2) is 0 Å². The summed E-state index contributed by atoms with van der Waals surface area (Å²) in [6.07, 6.45) is 5.34. The summed E-state index contributed by atoms with van der Waals surface area (Å²) in [4.78, 5) is 1.44. The van der Waals surface area contributed by atoms with E-state index in [0.717, 1.165) is 10.9 Å². The second-order valence-electron chi connectivity index (χ2n) is 4.52. The van der Waals surface area contributed by atoms with Crippen LogP contribution in [0.25, 0.3) is 0 Å². The van der Waals surface area contributed by atoms with Crippen molar-refractivity contribution in [3.63, 3.8) is 0 Å². The second kappa shape index (κ2) is 4.86. The van der Waals surface area contributed by atoms with E-state index in [1.165, 1.54) is 37.1 Å². The van der Waals surface area contributed by atoms with Gasteiger partial charge in [-0.2, -0.15) is 0 Å². The summed E-state index contributed by atoms with van der Waals surface area (Å²) < 4.78 is 0.919. The number of hydrogen-bond acceptors (Lipinski definition) is 2. The van der Waals surface area contributed by atoms with Crippen LogP contribution in [-0.2, 0) is 6.42 Å². The van der Waals surface area contributed by atoms with Crippen molar-refractivity contribution in [2.75, 3.05) is 13.1 Å². The third-order valence-corrected chi connectivity index (χ3v) is 4.57. The molecule has 1 aromatic rings. The van der Waals surface area contributed by atoms with Crippen molar-refractivity contribution in [2.24, 2.45) is 5.41 Å². The molecule has 0 aliphatic heterocycles. The van der Waals surface area contributed by atoms with Gasteiger partial charge in [-0.05, 0) is 43.4 Å². The van der Waals surface area contributed by atoms with Crippen LogP contribution in [0.4, 0.5) is 0 Å². The molecule has 0 aromatic carbocycles. The van der Waals surface area contributed by atoms with E-state index in [4.69, 9.17) is 11.6 Å². The number of halogens is 1. The Morgan fingerprint density at radius 1 is 1.47 bits per heavy atom. The molecule has 0 saturated heterocycles. The lowest BCUT2D eigenvalue weighted by molar-refractivity contribution is 0.132. The Bertz CT molecular complexity index is 317. The first-order valence-corrected chi connectivity index (χ1v) is 6.88. The average Bonchev–Trinajstić information content (AvgIpc) is 2.56. The van der Waals surface area contributed by atoms with Crippen LogP contribution in [0, 0.1) is 5.41 Å². The Morgan fingerprint density at radius 3 is 2.73 bits per heavy atom. The van der Waals surface area contributed by atoms with Crippen LogP contribution < -0.4 is 5.32 Å². The summed E-state index contributed by atoms with van der Waals surface area (Å²) in [5, 5.41) is 3.49. The molecule has 15 heavy (non-hydrogen) atoms. The van der Waals surface area contributed by atoms with Crippen molar-refractivity contribution in [3.8, 4) is 0 Å². The summed E-state index contributed by atoms with van der Waals surface area (Å²) in [6.45, 7) is 4.42. The molecule has 0 unspecified atom stereocenters. The molecule has 3 heteroatoms. The monoisotopic (exact) mass is 243 g/mol. The lowest BCUT2D eigenvalue weighted by Crippen LogP contribution is -2.41. The molecule has 1 fully saturated rings. The average molecular weight is 244 g/mol. The Morgan fingerprint density at radius 2 is 2.27 bits per heavy atom. The zero-order valence-electron chi connectivity index (χ0n) is 9.18. The molecule has 0 atom stereocenters. The van der Waals surface area contributed by atoms with E-state index in [1.54, 1.807) is 11.3 Å². The van der Waals surface area contributed by atoms with Gasteiger partial charge in [0.25, 0.3) is 0 Å². The van der Waals surface area contributed by atoms with Gasteiger partial charge in [0.2, 0.25) is 0 Å². The van der Waals surface area contributed by atoms with Crippen molar-refractivity contribution in [1.29, 1.82) is 0 Å². The van der Waals surface area contributed by atoms with Gasteiger partial charge >= 0.3 is 0 Å². The van der Waals surface area contributed by atoms with Crippen LogP contribution in [0.2, 0.25) is 4.34 Å². The van der Waals surface area contributed by atoms with E-state index in [9.17, 15) is 0 Å². The van der Waals surface area contributed by atoms with Crippen LogP contribution in [0.1, 0.15) is 31.1 Å². The van der Waals surface area contributed by atoms with Gasteiger partial charge in [-0.15, -0.1) is 11.3 Å². The second-order valence-corrected chi connectivity index (χ2v) is 6.32. The Hall–Kier alpha value is -0.0500. The third kappa shape index (κ3) is 2.74. The van der Waals surface area contributed by atoms with Crippen LogP contribution in [0.3, 0.4) is 0 Å². The molecule has 1 saturated carbocycles. The summed E-state index contributed by atoms with van der Waals surface area (Å²) in [5.41, 5.74) is 0.532. The van der Waals surface area contributed by atoms with E-state index >= 15 is 0 Å². The Kier molecular flexibility index (Phi) is 3.70. The lowest BCUT2D eigenvalue weighted by atomic mass is 9.66. The number of rotatable bonds is 5. The van der Waals surface area contributed by atoms with Crippen molar-refractivity contribution < 1.29 is 0 Å². The fourth-order valence-corrected chi connectivity index (χ4v) is 3.56. The minimum Gasteiger partial charge on any atom is -0.316 e. The molecule has 1 aliphatic carbocycles. The molecule has 1 nitrogen and oxygen atoms in total. The quantitative estimate of drug-likeness (QED) is 0.831. The van der Waals surface area contributed by atoms with E-state index < -0.39 is 0 Å². The zero-order chi connectivity index (χ0) is 10.7. The maximum absolute atomic E-state index is 5.96. The zero-order valence-corrected chi connectivity index (χ0v) is 10.8. The highest BCUT2D eigenvalue weighted by atomic mass is 35.5. The van der Waals surface area contributed by atoms with Crippen molar-refractivity contribution in [1.82, 2.24) is 5.32 Å². The summed E-state index contributed by atoms with van der Waals surface area (Å²) in [6, 6.07) is 4.19. The molecule has 1 aliphatic rings. The van der Waals surface area contributed by atoms with Crippen LogP contribution in [-0.4, -0.2) is 13.1 Å². The lowest BCUT2D eigenvalue weighted by Gasteiger charge is -2.42. The first kappa shape index (κ1) is 11.4. The minimum atomic E-state index is 0.532. The molecular formula is C12H18ClNS. The highest BCUT2D eigenvalue weighted by Gasteiger charge is 2.36. The van der Waals surface area contributed by atoms with Crippen LogP contribution in [0.15, 0.2) is 12.1 Å². The normalized spacial score (nSPS) is 18.8. The van der Waals surface area contributed by atoms with Crippen molar-refractivity contribution in [2.45, 2.75) is 32.6 Å². The summed E-state index contributed by atoms with van der Waals surface area (Å²) in [5.74, 6) is 0. The first-order chi connectivity index (χ1) is 7.24. The predicted molar refractivity (Wildman–Crippen MR) is 67.9 cm³/mol. The molecular weight excluding hydrogens is 226 g/mol. The fraction of sp³-hybridized carbons (Fsp3) is 0.667. The highest BCUT2D eigenvalue weighted by Crippen LogP contribution is 2.44. The summed E-state index contributed by atoms with van der Waals surface area (Å²) in [7, 11) is 0. The van der Waals surface area contributed by atoms with E-state index in [-0.39, 0.29) is 0 Å². The van der Waals surface area contributed by atoms with Gasteiger partial charge in [-0.1, -0.05) is 24.9 Å². The standard InChI is InChI=1S/C12H18ClNS/c1-2-14-9-12(6-3-7-12)8-10-4-5-11(13)15-10/h4-5,14H,2-3,6-9H2,1H3. The Balaban J connectivity index is 1.95. The molecule has 84 valence electrons. The molecule has 0 amide bonds. The van der Waals surface area contributed by atoms with Crippen molar-refractivity contribution in [3.05, 3.63) is 21.3 Å². The molecule has 1 heterocycles. The van der Waals surface area contributed by atoms with Gasteiger partial charge in [0, 0.05) is 11.4 Å². The van der Waals surface area contributed by atoms with E-state index in [0.29, 0.717) is 5.41 Å². The third-order valence-electron chi connectivity index (χ3n) is 3.34. The molecule has 0 spiro atoms. The van der Waals surface area contributed by atoms with Gasteiger partial charge in [0.1, 0.15) is 0 Å². The topological polar surface area (TPSA) is 12.0 Å². The minimum absolute atomic E-state index is 0.532. The van der Waals surface area contributed by atoms with E-state index in [2.05, 4.69) is 18.3 Å². The highest BCUT2D eigenvalue weighted by molar-refractivity contribution is 7.16. The fourth-order valence-electron chi connectivity index (χ4n) is 2.30. The number of nitrogens with one attached hydrogen (secondary N) is 1. The summed E-state index contributed by atoms with van der Waals surface area (Å²) >= 11 is 7.69. The van der Waals surface area contributed by atoms with Crippen LogP contribution in [0.5, 0.6) is 0 Å². The molecule has 1 aromatic heterocycles. The number of thiophene rings is 1. The smallest absolute Gasteiger partial charge is 0.0931 e. The van der Waals surface area contributed by atoms with Gasteiger partial charge < -0.3 is 5.32 Å². The molecule has 0 bridgehead atoms. The maximum atomic E-state index is 5.96. The van der Waals surface area contributed by atoms with Crippen molar-refractivity contribution >= 4 is 22.9 Å². The molecule has 2 rings (SSSR count). The first-order valence-electron chi connectivity index (χ1n) is 5.69. The van der Waals surface area contributed by atoms with Crippen LogP contribution >= 0.6 is 22.9 Å². The van der Waals surface area contributed by atoms with Gasteiger partial charge in [0.05, 0.1) is 4.34 Å². The predicted octanol–water partition coefficient (Wildman–Crippen LogP) is 3.72. The molecule has 0 radical (unpaired) electrons. The maximum Gasteiger partial charge on any atom is 0.0931 e. The molecule has 1 N–H and O–H groups in total. The van der Waals surface area contributed by atoms with E-state index in [1.807, 2.05) is 6.07 Å². The van der Waals surface area contributed by atoms with Gasteiger partial charge in [-0.25, -0.2) is 0 Å². The van der Waals surface area contributed by atoms with Gasteiger partial charge in [-0.3, -0.25) is 0 Å².